The SMILES string of the molecule is CCCCn1cc[n+](CCC#N)c1. The highest BCUT2D eigenvalue weighted by Crippen LogP contribution is 1.92. The van der Waals surface area contributed by atoms with Crippen LogP contribution in [0.1, 0.15) is 26.2 Å². The van der Waals surface area contributed by atoms with Crippen LogP contribution in [0.3, 0.4) is 0 Å². The first kappa shape index (κ1) is 9.79. The molecular formula is C10H16N3+. The Bertz CT molecular complexity index is 283. The van der Waals surface area contributed by atoms with Crippen molar-refractivity contribution in [1.29, 1.82) is 5.26 Å². The maximum Gasteiger partial charge on any atom is 0.243 e. The first-order valence-corrected chi connectivity index (χ1v) is 4.78. The molecule has 0 aliphatic rings. The fourth-order valence-electron chi connectivity index (χ4n) is 1.22. The summed E-state index contributed by atoms with van der Waals surface area (Å²) in [5, 5.41) is 8.41. The number of hydrogen-bond donors (Lipinski definition) is 0. The summed E-state index contributed by atoms with van der Waals surface area (Å²) in [6.45, 7) is 4.07. The molecule has 0 aliphatic heterocycles. The van der Waals surface area contributed by atoms with Gasteiger partial charge < -0.3 is 0 Å². The second-order valence-corrected chi connectivity index (χ2v) is 3.15. The van der Waals surface area contributed by atoms with Crippen LogP contribution in [0, 0.1) is 11.3 Å². The van der Waals surface area contributed by atoms with E-state index in [0.29, 0.717) is 6.42 Å². The Morgan fingerprint density at radius 2 is 2.38 bits per heavy atom. The quantitative estimate of drug-likeness (QED) is 0.629. The van der Waals surface area contributed by atoms with Gasteiger partial charge in [0.2, 0.25) is 6.33 Å². The lowest BCUT2D eigenvalue weighted by Gasteiger charge is -1.92. The number of nitriles is 1. The summed E-state index contributed by atoms with van der Waals surface area (Å²) in [7, 11) is 0. The molecule has 3 nitrogen and oxygen atoms in total. The highest BCUT2D eigenvalue weighted by atomic mass is 15.1. The molecule has 0 radical (unpaired) electrons. The van der Waals surface area contributed by atoms with Crippen molar-refractivity contribution in [2.75, 3.05) is 0 Å². The molecule has 0 fully saturated rings. The van der Waals surface area contributed by atoms with E-state index < -0.39 is 0 Å². The van der Waals surface area contributed by atoms with E-state index in [0.717, 1.165) is 13.1 Å². The molecule has 0 atom stereocenters. The first-order valence-electron chi connectivity index (χ1n) is 4.78. The van der Waals surface area contributed by atoms with Crippen LogP contribution in [0.5, 0.6) is 0 Å². The Morgan fingerprint density at radius 1 is 1.54 bits per heavy atom. The summed E-state index contributed by atoms with van der Waals surface area (Å²) >= 11 is 0. The lowest BCUT2D eigenvalue weighted by atomic mass is 10.3. The van der Waals surface area contributed by atoms with Gasteiger partial charge in [0, 0.05) is 0 Å². The summed E-state index contributed by atoms with van der Waals surface area (Å²) in [6.07, 6.45) is 9.17. The molecule has 0 aliphatic carbocycles. The molecule has 0 N–H and O–H groups in total. The van der Waals surface area contributed by atoms with E-state index in [-0.39, 0.29) is 0 Å². The van der Waals surface area contributed by atoms with Crippen molar-refractivity contribution in [3.8, 4) is 6.07 Å². The highest BCUT2D eigenvalue weighted by molar-refractivity contribution is 4.68. The number of hydrogen-bond acceptors (Lipinski definition) is 1. The Balaban J connectivity index is 2.40. The van der Waals surface area contributed by atoms with Crippen LogP contribution >= 0.6 is 0 Å². The van der Waals surface area contributed by atoms with Gasteiger partial charge in [0.25, 0.3) is 0 Å². The molecule has 0 saturated heterocycles. The first-order chi connectivity index (χ1) is 6.36. The normalized spacial score (nSPS) is 9.85. The average molecular weight is 178 g/mol. The number of imidazole rings is 1. The Kier molecular flexibility index (Phi) is 4.04. The topological polar surface area (TPSA) is 32.6 Å². The van der Waals surface area contributed by atoms with Gasteiger partial charge >= 0.3 is 0 Å². The van der Waals surface area contributed by atoms with E-state index in [2.05, 4.69) is 34.7 Å². The van der Waals surface area contributed by atoms with Crippen molar-refractivity contribution < 1.29 is 4.57 Å². The van der Waals surface area contributed by atoms with Gasteiger partial charge in [-0.1, -0.05) is 13.3 Å². The van der Waals surface area contributed by atoms with Crippen LogP contribution in [-0.4, -0.2) is 4.57 Å². The summed E-state index contributed by atoms with van der Waals surface area (Å²) in [5.74, 6) is 0. The lowest BCUT2D eigenvalue weighted by molar-refractivity contribution is -0.695. The van der Waals surface area contributed by atoms with Gasteiger partial charge in [-0.2, -0.15) is 5.26 Å². The van der Waals surface area contributed by atoms with Crippen molar-refractivity contribution >= 4 is 0 Å². The predicted octanol–water partition coefficient (Wildman–Crippen LogP) is 1.49. The minimum Gasteiger partial charge on any atom is -0.237 e. The summed E-state index contributed by atoms with van der Waals surface area (Å²) in [4.78, 5) is 0. The Hall–Kier alpha value is -1.30. The molecule has 1 rings (SSSR count). The molecule has 1 aromatic heterocycles. The summed E-state index contributed by atoms with van der Waals surface area (Å²) < 4.78 is 4.22. The van der Waals surface area contributed by atoms with Crippen molar-refractivity contribution in [1.82, 2.24) is 4.57 Å². The predicted molar refractivity (Wildman–Crippen MR) is 49.8 cm³/mol. The van der Waals surface area contributed by atoms with E-state index in [1.165, 1.54) is 12.8 Å². The fraction of sp³-hybridized carbons (Fsp3) is 0.600. The molecule has 1 heterocycles. The molecular weight excluding hydrogens is 162 g/mol. The van der Waals surface area contributed by atoms with Gasteiger partial charge in [-0.25, -0.2) is 9.13 Å². The Labute approximate surface area is 79.2 Å². The molecule has 13 heavy (non-hydrogen) atoms. The van der Waals surface area contributed by atoms with E-state index in [4.69, 9.17) is 5.26 Å². The number of nitrogens with zero attached hydrogens (tertiary/aromatic N) is 3. The smallest absolute Gasteiger partial charge is 0.237 e. The number of unbranched alkanes of at least 4 members (excludes halogenated alkanes) is 1. The van der Waals surface area contributed by atoms with Gasteiger partial charge in [-0.15, -0.1) is 0 Å². The molecule has 3 heteroatoms. The van der Waals surface area contributed by atoms with E-state index in [9.17, 15) is 0 Å². The van der Waals surface area contributed by atoms with Crippen LogP contribution in [0.2, 0.25) is 0 Å². The van der Waals surface area contributed by atoms with Crippen molar-refractivity contribution in [2.45, 2.75) is 39.3 Å². The van der Waals surface area contributed by atoms with E-state index >= 15 is 0 Å². The minimum atomic E-state index is 0.586. The second kappa shape index (κ2) is 5.36. The van der Waals surface area contributed by atoms with Crippen LogP contribution < -0.4 is 4.57 Å². The molecule has 1 aromatic rings. The van der Waals surface area contributed by atoms with Crippen molar-refractivity contribution in [3.05, 3.63) is 18.7 Å². The number of aryl methyl sites for hydroxylation is 2. The second-order valence-electron chi connectivity index (χ2n) is 3.15. The number of aromatic nitrogens is 2. The highest BCUT2D eigenvalue weighted by Gasteiger charge is 2.01. The standard InChI is InChI=1S/C10H16N3/c1-2-3-6-12-8-9-13(10-12)7-4-5-11/h8-10H,2-4,6-7H2,1H3/q+1. The van der Waals surface area contributed by atoms with Gasteiger partial charge in [0.15, 0.2) is 0 Å². The third-order valence-corrected chi connectivity index (χ3v) is 2.00. The zero-order valence-corrected chi connectivity index (χ0v) is 8.11. The molecule has 0 aromatic carbocycles. The van der Waals surface area contributed by atoms with Gasteiger partial charge in [-0.05, 0) is 6.42 Å². The zero-order valence-electron chi connectivity index (χ0n) is 8.11. The van der Waals surface area contributed by atoms with E-state index in [1.54, 1.807) is 0 Å². The molecule has 70 valence electrons. The number of rotatable bonds is 5. The molecule has 0 bridgehead atoms. The average Bonchev–Trinajstić information content (AvgIpc) is 2.59. The zero-order chi connectivity index (χ0) is 9.52. The summed E-state index contributed by atoms with van der Waals surface area (Å²) in [6, 6.07) is 2.14. The van der Waals surface area contributed by atoms with Crippen LogP contribution in [-0.2, 0) is 13.1 Å². The van der Waals surface area contributed by atoms with Crippen LogP contribution in [0.15, 0.2) is 18.7 Å². The van der Waals surface area contributed by atoms with Gasteiger partial charge in [-0.3, -0.25) is 0 Å². The largest absolute Gasteiger partial charge is 0.243 e. The molecule has 0 spiro atoms. The molecule has 0 amide bonds. The lowest BCUT2D eigenvalue weighted by Crippen LogP contribution is -2.30. The maximum absolute atomic E-state index is 8.41. The fourth-order valence-corrected chi connectivity index (χ4v) is 1.22. The van der Waals surface area contributed by atoms with Gasteiger partial charge in [0.1, 0.15) is 18.9 Å². The van der Waals surface area contributed by atoms with Crippen LogP contribution in [0.25, 0.3) is 0 Å². The maximum atomic E-state index is 8.41. The Morgan fingerprint density at radius 3 is 3.08 bits per heavy atom. The molecule has 0 saturated carbocycles. The van der Waals surface area contributed by atoms with Crippen molar-refractivity contribution in [2.24, 2.45) is 0 Å². The van der Waals surface area contributed by atoms with Crippen molar-refractivity contribution in [3.63, 3.8) is 0 Å². The summed E-state index contributed by atoms with van der Waals surface area (Å²) in [5.41, 5.74) is 0. The molecule has 0 unspecified atom stereocenters. The van der Waals surface area contributed by atoms with Gasteiger partial charge in [0.05, 0.1) is 19.0 Å². The van der Waals surface area contributed by atoms with E-state index in [1.807, 2.05) is 6.20 Å². The third kappa shape index (κ3) is 3.29. The van der Waals surface area contributed by atoms with Crippen LogP contribution in [0.4, 0.5) is 0 Å². The minimum absolute atomic E-state index is 0.586. The monoisotopic (exact) mass is 178 g/mol. The third-order valence-electron chi connectivity index (χ3n) is 2.00.